The number of amides is 1. The van der Waals surface area contributed by atoms with Crippen molar-refractivity contribution in [1.29, 1.82) is 0 Å². The van der Waals surface area contributed by atoms with Gasteiger partial charge in [-0.05, 0) is 42.3 Å². The SMILES string of the molecule is CCOc1ccccc1-c1ccc(C(=O)O)c(NC(=O)c2cncc(-c3ccccc3)c2)c1. The van der Waals surface area contributed by atoms with Crippen molar-refractivity contribution in [2.75, 3.05) is 11.9 Å². The average Bonchev–Trinajstić information content (AvgIpc) is 2.85. The van der Waals surface area contributed by atoms with E-state index in [1.165, 1.54) is 12.3 Å². The Bertz CT molecular complexity index is 1300. The van der Waals surface area contributed by atoms with Gasteiger partial charge in [-0.2, -0.15) is 0 Å². The van der Waals surface area contributed by atoms with E-state index in [0.29, 0.717) is 17.9 Å². The summed E-state index contributed by atoms with van der Waals surface area (Å²) in [5, 5.41) is 12.4. The number of carboxylic acids is 1. The lowest BCUT2D eigenvalue weighted by molar-refractivity contribution is 0.0698. The first-order chi connectivity index (χ1) is 16.1. The Morgan fingerprint density at radius 3 is 2.39 bits per heavy atom. The van der Waals surface area contributed by atoms with Gasteiger partial charge in [0.05, 0.1) is 23.4 Å². The van der Waals surface area contributed by atoms with E-state index in [4.69, 9.17) is 4.74 Å². The molecule has 0 fully saturated rings. The average molecular weight is 438 g/mol. The number of aromatic carboxylic acids is 1. The first kappa shape index (κ1) is 21.8. The number of benzene rings is 3. The van der Waals surface area contributed by atoms with Crippen molar-refractivity contribution in [3.63, 3.8) is 0 Å². The largest absolute Gasteiger partial charge is 0.493 e. The predicted octanol–water partition coefficient (Wildman–Crippen LogP) is 5.76. The van der Waals surface area contributed by atoms with Gasteiger partial charge in [-0.1, -0.05) is 54.6 Å². The number of carboxylic acid groups (broad SMARTS) is 1. The van der Waals surface area contributed by atoms with Gasteiger partial charge in [-0.15, -0.1) is 0 Å². The molecule has 0 saturated carbocycles. The molecule has 164 valence electrons. The molecular formula is C27H22N2O4. The topological polar surface area (TPSA) is 88.5 Å². The zero-order valence-corrected chi connectivity index (χ0v) is 18.0. The lowest BCUT2D eigenvalue weighted by atomic mass is 10.0. The Kier molecular flexibility index (Phi) is 6.45. The summed E-state index contributed by atoms with van der Waals surface area (Å²) in [5.41, 5.74) is 3.78. The fourth-order valence-electron chi connectivity index (χ4n) is 3.54. The Balaban J connectivity index is 1.68. The highest BCUT2D eigenvalue weighted by Gasteiger charge is 2.17. The summed E-state index contributed by atoms with van der Waals surface area (Å²) in [4.78, 5) is 29.0. The van der Waals surface area contributed by atoms with Gasteiger partial charge >= 0.3 is 5.97 Å². The number of hydrogen-bond acceptors (Lipinski definition) is 4. The minimum absolute atomic E-state index is 0.00633. The molecule has 0 aliphatic rings. The molecule has 0 atom stereocenters. The number of rotatable bonds is 7. The molecular weight excluding hydrogens is 416 g/mol. The summed E-state index contributed by atoms with van der Waals surface area (Å²) in [6.45, 7) is 2.39. The van der Waals surface area contributed by atoms with Gasteiger partial charge < -0.3 is 15.2 Å². The first-order valence-electron chi connectivity index (χ1n) is 10.5. The number of aromatic nitrogens is 1. The molecule has 1 amide bonds. The Hall–Kier alpha value is -4.45. The smallest absolute Gasteiger partial charge is 0.337 e. The third kappa shape index (κ3) is 4.91. The van der Waals surface area contributed by atoms with Crippen molar-refractivity contribution < 1.29 is 19.4 Å². The van der Waals surface area contributed by atoms with Crippen LogP contribution in [-0.2, 0) is 0 Å². The molecule has 0 bridgehead atoms. The number of ether oxygens (including phenoxy) is 1. The van der Waals surface area contributed by atoms with Gasteiger partial charge in [0.1, 0.15) is 5.75 Å². The van der Waals surface area contributed by atoms with E-state index >= 15 is 0 Å². The van der Waals surface area contributed by atoms with Crippen LogP contribution in [0.4, 0.5) is 5.69 Å². The molecule has 0 aliphatic heterocycles. The second kappa shape index (κ2) is 9.78. The van der Waals surface area contributed by atoms with E-state index in [1.54, 1.807) is 24.4 Å². The van der Waals surface area contributed by atoms with Crippen LogP contribution in [0.1, 0.15) is 27.6 Å². The summed E-state index contributed by atoms with van der Waals surface area (Å²) in [6, 6.07) is 23.6. The van der Waals surface area contributed by atoms with E-state index < -0.39 is 11.9 Å². The highest BCUT2D eigenvalue weighted by Crippen LogP contribution is 2.33. The first-order valence-corrected chi connectivity index (χ1v) is 10.5. The van der Waals surface area contributed by atoms with Crippen LogP contribution in [0.25, 0.3) is 22.3 Å². The van der Waals surface area contributed by atoms with E-state index in [1.807, 2.05) is 61.5 Å². The fraction of sp³-hybridized carbons (Fsp3) is 0.0741. The molecule has 2 N–H and O–H groups in total. The van der Waals surface area contributed by atoms with Crippen molar-refractivity contribution in [3.8, 4) is 28.0 Å². The van der Waals surface area contributed by atoms with Crippen LogP contribution in [0.15, 0.2) is 91.3 Å². The number of anilines is 1. The molecule has 3 aromatic carbocycles. The summed E-state index contributed by atoms with van der Waals surface area (Å²) in [6.07, 6.45) is 3.14. The van der Waals surface area contributed by atoms with Crippen LogP contribution < -0.4 is 10.1 Å². The molecule has 0 saturated heterocycles. The van der Waals surface area contributed by atoms with Crippen LogP contribution in [0.2, 0.25) is 0 Å². The van der Waals surface area contributed by atoms with Crippen molar-refractivity contribution in [3.05, 3.63) is 102 Å². The molecule has 33 heavy (non-hydrogen) atoms. The van der Waals surface area contributed by atoms with Crippen LogP contribution in [0.5, 0.6) is 5.75 Å². The van der Waals surface area contributed by atoms with Gasteiger partial charge in [0.25, 0.3) is 5.91 Å². The van der Waals surface area contributed by atoms with Crippen molar-refractivity contribution in [1.82, 2.24) is 4.98 Å². The summed E-state index contributed by atoms with van der Waals surface area (Å²) >= 11 is 0. The molecule has 1 heterocycles. The number of carbonyl (C=O) groups excluding carboxylic acids is 1. The third-order valence-electron chi connectivity index (χ3n) is 5.10. The monoisotopic (exact) mass is 438 g/mol. The van der Waals surface area contributed by atoms with Crippen molar-refractivity contribution in [2.45, 2.75) is 6.92 Å². The maximum atomic E-state index is 13.0. The van der Waals surface area contributed by atoms with Crippen LogP contribution in [-0.4, -0.2) is 28.6 Å². The lowest BCUT2D eigenvalue weighted by Crippen LogP contribution is -2.15. The minimum atomic E-state index is -1.13. The zero-order chi connectivity index (χ0) is 23.2. The number of hydrogen-bond donors (Lipinski definition) is 2. The van der Waals surface area contributed by atoms with Gasteiger partial charge in [0, 0.05) is 23.5 Å². The third-order valence-corrected chi connectivity index (χ3v) is 5.10. The van der Waals surface area contributed by atoms with E-state index in [0.717, 1.165) is 22.3 Å². The number of nitrogens with zero attached hydrogens (tertiary/aromatic N) is 1. The van der Waals surface area contributed by atoms with Gasteiger partial charge in [-0.3, -0.25) is 9.78 Å². The summed E-state index contributed by atoms with van der Waals surface area (Å²) < 4.78 is 5.70. The van der Waals surface area contributed by atoms with Gasteiger partial charge in [0.2, 0.25) is 0 Å². The van der Waals surface area contributed by atoms with E-state index in [2.05, 4.69) is 10.3 Å². The highest BCUT2D eigenvalue weighted by molar-refractivity contribution is 6.08. The molecule has 0 aliphatic carbocycles. The van der Waals surface area contributed by atoms with Gasteiger partial charge in [0.15, 0.2) is 0 Å². The molecule has 1 aromatic heterocycles. The number of pyridine rings is 1. The molecule has 0 radical (unpaired) electrons. The highest BCUT2D eigenvalue weighted by atomic mass is 16.5. The van der Waals surface area contributed by atoms with Crippen molar-refractivity contribution >= 4 is 17.6 Å². The summed E-state index contributed by atoms with van der Waals surface area (Å²) in [7, 11) is 0. The molecule has 0 unspecified atom stereocenters. The van der Waals surface area contributed by atoms with Gasteiger partial charge in [-0.25, -0.2) is 4.79 Å². The van der Waals surface area contributed by atoms with E-state index in [9.17, 15) is 14.7 Å². The Labute approximate surface area is 191 Å². The fourth-order valence-corrected chi connectivity index (χ4v) is 3.54. The second-order valence-electron chi connectivity index (χ2n) is 7.28. The molecule has 0 spiro atoms. The van der Waals surface area contributed by atoms with E-state index in [-0.39, 0.29) is 11.3 Å². The van der Waals surface area contributed by atoms with Crippen LogP contribution in [0, 0.1) is 0 Å². The quantitative estimate of drug-likeness (QED) is 0.383. The Morgan fingerprint density at radius 1 is 0.879 bits per heavy atom. The maximum absolute atomic E-state index is 13.0. The molecule has 6 nitrogen and oxygen atoms in total. The van der Waals surface area contributed by atoms with Crippen molar-refractivity contribution in [2.24, 2.45) is 0 Å². The summed E-state index contributed by atoms with van der Waals surface area (Å²) in [5.74, 6) is -0.899. The minimum Gasteiger partial charge on any atom is -0.493 e. The molecule has 4 aromatic rings. The number of nitrogens with one attached hydrogen (secondary N) is 1. The second-order valence-corrected chi connectivity index (χ2v) is 7.28. The maximum Gasteiger partial charge on any atom is 0.337 e. The van der Waals surface area contributed by atoms with Crippen LogP contribution >= 0.6 is 0 Å². The normalized spacial score (nSPS) is 10.5. The molecule has 6 heteroatoms. The zero-order valence-electron chi connectivity index (χ0n) is 18.0. The number of carbonyl (C=O) groups is 2. The standard InChI is InChI=1S/C27H22N2O4/c1-2-33-25-11-7-6-10-22(25)19-12-13-23(27(31)32)24(15-19)29-26(30)21-14-20(16-28-17-21)18-8-4-3-5-9-18/h3-17H,2H2,1H3,(H,29,30)(H,31,32). The predicted molar refractivity (Wildman–Crippen MR) is 128 cm³/mol. The Morgan fingerprint density at radius 2 is 1.64 bits per heavy atom. The number of para-hydroxylation sites is 1. The molecule has 4 rings (SSSR count). The van der Waals surface area contributed by atoms with Crippen LogP contribution in [0.3, 0.4) is 0 Å². The lowest BCUT2D eigenvalue weighted by Gasteiger charge is -2.14.